The zero-order valence-electron chi connectivity index (χ0n) is 27.6. The monoisotopic (exact) mass is 644 g/mol. The molecule has 0 saturated heterocycles. The minimum atomic E-state index is 0.704. The minimum absolute atomic E-state index is 0.704. The Morgan fingerprint density at radius 1 is 0.373 bits per heavy atom. The fraction of sp³-hybridized carbons (Fsp3) is 0. The summed E-state index contributed by atoms with van der Waals surface area (Å²) in [5.41, 5.74) is 8.93. The van der Waals surface area contributed by atoms with Crippen LogP contribution in [0.2, 0.25) is 0 Å². The Bertz CT molecular complexity index is 3250. The highest BCUT2D eigenvalue weighted by molar-refractivity contribution is 6.27. The van der Waals surface area contributed by atoms with Gasteiger partial charge in [-0.25, -0.2) is 0 Å². The van der Waals surface area contributed by atoms with Crippen LogP contribution in [0, 0.1) is 11.3 Å². The van der Waals surface area contributed by atoms with E-state index in [1.807, 2.05) is 12.1 Å². The summed E-state index contributed by atoms with van der Waals surface area (Å²) in [5, 5.41) is 24.6. The fourth-order valence-electron chi connectivity index (χ4n) is 8.64. The standard InChI is InChI=1S/C49H28N2/c50-29-35-19-24-46-48-39(35)21-22-43-38(23-25-47(49(43)48)51(46)36-9-2-1-3-10-36)33-16-14-32-27-34(17-15-31(32)26-33)44-28-45-37-11-5-4-8-30(37)18-20-42(45)40-12-6-7-13-41(40)44/h1-28H. The number of nitriles is 1. The van der Waals surface area contributed by atoms with E-state index >= 15 is 0 Å². The molecule has 0 spiro atoms. The van der Waals surface area contributed by atoms with Gasteiger partial charge in [-0.1, -0.05) is 121 Å². The van der Waals surface area contributed by atoms with Crippen LogP contribution in [0.25, 0.3) is 104 Å². The van der Waals surface area contributed by atoms with Gasteiger partial charge in [0.05, 0.1) is 22.7 Å². The Morgan fingerprint density at radius 3 is 1.75 bits per heavy atom. The van der Waals surface area contributed by atoms with E-state index in [2.05, 4.69) is 168 Å². The average molecular weight is 645 g/mol. The molecule has 1 heterocycles. The van der Waals surface area contributed by atoms with E-state index in [-0.39, 0.29) is 0 Å². The number of para-hydroxylation sites is 1. The van der Waals surface area contributed by atoms with Gasteiger partial charge in [-0.2, -0.15) is 5.26 Å². The Labute approximate surface area is 294 Å². The van der Waals surface area contributed by atoms with Crippen molar-refractivity contribution in [2.45, 2.75) is 0 Å². The van der Waals surface area contributed by atoms with E-state index in [1.165, 1.54) is 76.1 Å². The minimum Gasteiger partial charge on any atom is -0.309 e. The summed E-state index contributed by atoms with van der Waals surface area (Å²) in [6.45, 7) is 0. The van der Waals surface area contributed by atoms with Crippen molar-refractivity contribution in [3.05, 3.63) is 175 Å². The maximum Gasteiger partial charge on any atom is 0.0998 e. The van der Waals surface area contributed by atoms with Crippen LogP contribution in [0.4, 0.5) is 0 Å². The molecule has 51 heavy (non-hydrogen) atoms. The van der Waals surface area contributed by atoms with Crippen LogP contribution in [0.1, 0.15) is 5.56 Å². The van der Waals surface area contributed by atoms with Crippen molar-refractivity contribution in [3.8, 4) is 34.0 Å². The molecule has 0 radical (unpaired) electrons. The summed E-state index contributed by atoms with van der Waals surface area (Å²) in [5.74, 6) is 0. The van der Waals surface area contributed by atoms with E-state index in [4.69, 9.17) is 0 Å². The Morgan fingerprint density at radius 2 is 0.961 bits per heavy atom. The first-order chi connectivity index (χ1) is 25.2. The van der Waals surface area contributed by atoms with Crippen molar-refractivity contribution >= 4 is 75.7 Å². The third kappa shape index (κ3) is 3.98. The van der Waals surface area contributed by atoms with Crippen LogP contribution in [0.3, 0.4) is 0 Å². The van der Waals surface area contributed by atoms with E-state index in [0.29, 0.717) is 5.56 Å². The van der Waals surface area contributed by atoms with Gasteiger partial charge in [0.2, 0.25) is 0 Å². The molecular weight excluding hydrogens is 617 g/mol. The predicted molar refractivity (Wildman–Crippen MR) is 215 cm³/mol. The topological polar surface area (TPSA) is 28.7 Å². The molecule has 0 aliphatic heterocycles. The number of aromatic nitrogens is 1. The van der Waals surface area contributed by atoms with Crippen LogP contribution >= 0.6 is 0 Å². The number of benzene rings is 10. The van der Waals surface area contributed by atoms with Gasteiger partial charge in [0, 0.05) is 21.8 Å². The van der Waals surface area contributed by atoms with Gasteiger partial charge in [-0.05, 0) is 119 Å². The number of nitrogens with zero attached hydrogens (tertiary/aromatic N) is 2. The first-order valence-corrected chi connectivity index (χ1v) is 17.4. The molecule has 0 N–H and O–H groups in total. The zero-order valence-corrected chi connectivity index (χ0v) is 27.6. The van der Waals surface area contributed by atoms with Gasteiger partial charge >= 0.3 is 0 Å². The summed E-state index contributed by atoms with van der Waals surface area (Å²) in [6, 6.07) is 63.9. The van der Waals surface area contributed by atoms with Crippen molar-refractivity contribution in [1.29, 1.82) is 5.26 Å². The van der Waals surface area contributed by atoms with Crippen LogP contribution in [0.5, 0.6) is 0 Å². The zero-order chi connectivity index (χ0) is 33.6. The lowest BCUT2D eigenvalue weighted by Crippen LogP contribution is -1.93. The van der Waals surface area contributed by atoms with Gasteiger partial charge in [0.15, 0.2) is 0 Å². The second-order valence-electron chi connectivity index (χ2n) is 13.6. The molecule has 11 aromatic rings. The molecule has 234 valence electrons. The Kier molecular flexibility index (Phi) is 5.77. The molecule has 0 unspecified atom stereocenters. The SMILES string of the molecule is N#Cc1ccc2c3c1ccc1c(-c4ccc5cc(-c6cc7c8ccccc8ccc7c7ccccc67)ccc5c4)ccc(c13)n2-c1ccccc1. The van der Waals surface area contributed by atoms with Crippen LogP contribution in [-0.4, -0.2) is 4.57 Å². The molecule has 2 heteroatoms. The molecule has 0 bridgehead atoms. The van der Waals surface area contributed by atoms with Gasteiger partial charge < -0.3 is 4.57 Å². The second-order valence-corrected chi connectivity index (χ2v) is 13.6. The average Bonchev–Trinajstić information content (AvgIpc) is 3.54. The van der Waals surface area contributed by atoms with Crippen LogP contribution in [0.15, 0.2) is 170 Å². The molecule has 0 atom stereocenters. The quantitative estimate of drug-likeness (QED) is 0.176. The molecule has 0 amide bonds. The first-order valence-electron chi connectivity index (χ1n) is 17.4. The largest absolute Gasteiger partial charge is 0.309 e. The molecule has 10 aromatic carbocycles. The van der Waals surface area contributed by atoms with Crippen LogP contribution < -0.4 is 0 Å². The number of rotatable bonds is 3. The Balaban J connectivity index is 1.09. The predicted octanol–water partition coefficient (Wildman–Crippen LogP) is 13.2. The summed E-state index contributed by atoms with van der Waals surface area (Å²) < 4.78 is 2.33. The van der Waals surface area contributed by atoms with Gasteiger partial charge in [0.25, 0.3) is 0 Å². The van der Waals surface area contributed by atoms with Gasteiger partial charge in [-0.3, -0.25) is 0 Å². The molecular formula is C49H28N2. The van der Waals surface area contributed by atoms with Crippen molar-refractivity contribution < 1.29 is 0 Å². The van der Waals surface area contributed by atoms with Gasteiger partial charge in [0.1, 0.15) is 0 Å². The van der Waals surface area contributed by atoms with Gasteiger partial charge in [-0.15, -0.1) is 0 Å². The Hall–Kier alpha value is -6.95. The highest BCUT2D eigenvalue weighted by atomic mass is 15.0. The smallest absolute Gasteiger partial charge is 0.0998 e. The van der Waals surface area contributed by atoms with Crippen molar-refractivity contribution in [3.63, 3.8) is 0 Å². The molecule has 0 saturated carbocycles. The molecule has 2 nitrogen and oxygen atoms in total. The summed E-state index contributed by atoms with van der Waals surface area (Å²) in [7, 11) is 0. The lowest BCUT2D eigenvalue weighted by atomic mass is 9.89. The third-order valence-electron chi connectivity index (χ3n) is 11.0. The normalized spacial score (nSPS) is 11.9. The lowest BCUT2D eigenvalue weighted by Gasteiger charge is -2.14. The number of fused-ring (bicyclic) bond motifs is 6. The van der Waals surface area contributed by atoms with Crippen molar-refractivity contribution in [2.24, 2.45) is 0 Å². The first kappa shape index (κ1) is 27.9. The molecule has 0 fully saturated rings. The maximum atomic E-state index is 10.0. The summed E-state index contributed by atoms with van der Waals surface area (Å²) >= 11 is 0. The molecule has 0 aliphatic rings. The fourth-order valence-corrected chi connectivity index (χ4v) is 8.64. The highest BCUT2D eigenvalue weighted by Crippen LogP contribution is 2.44. The molecule has 0 aliphatic carbocycles. The highest BCUT2D eigenvalue weighted by Gasteiger charge is 2.20. The maximum absolute atomic E-state index is 10.0. The lowest BCUT2D eigenvalue weighted by molar-refractivity contribution is 1.18. The van der Waals surface area contributed by atoms with Crippen LogP contribution in [-0.2, 0) is 0 Å². The molecule has 1 aromatic heterocycles. The van der Waals surface area contributed by atoms with E-state index < -0.39 is 0 Å². The molecule has 11 rings (SSSR count). The van der Waals surface area contributed by atoms with E-state index in [1.54, 1.807) is 0 Å². The number of hydrogen-bond acceptors (Lipinski definition) is 1. The summed E-state index contributed by atoms with van der Waals surface area (Å²) in [6.07, 6.45) is 0. The van der Waals surface area contributed by atoms with Crippen molar-refractivity contribution in [2.75, 3.05) is 0 Å². The van der Waals surface area contributed by atoms with Crippen molar-refractivity contribution in [1.82, 2.24) is 4.57 Å². The number of hydrogen-bond donors (Lipinski definition) is 0. The second kappa shape index (κ2) is 10.5. The third-order valence-corrected chi connectivity index (χ3v) is 11.0. The van der Waals surface area contributed by atoms with E-state index in [9.17, 15) is 5.26 Å². The summed E-state index contributed by atoms with van der Waals surface area (Å²) in [4.78, 5) is 0. The van der Waals surface area contributed by atoms with E-state index in [0.717, 1.165) is 27.5 Å².